The van der Waals surface area contributed by atoms with Gasteiger partial charge in [-0.25, -0.2) is 4.98 Å². The second-order valence-electron chi connectivity index (χ2n) is 6.47. The Balaban J connectivity index is 1.46. The van der Waals surface area contributed by atoms with E-state index in [0.717, 1.165) is 0 Å². The van der Waals surface area contributed by atoms with Crippen LogP contribution in [0.1, 0.15) is 21.9 Å². The number of methoxy groups -OCH3 is 1. The third-order valence-corrected chi connectivity index (χ3v) is 4.49. The van der Waals surface area contributed by atoms with Gasteiger partial charge in [0.25, 0.3) is 5.91 Å². The van der Waals surface area contributed by atoms with Gasteiger partial charge in [-0.3, -0.25) is 14.9 Å². The van der Waals surface area contributed by atoms with Crippen LogP contribution in [0.2, 0.25) is 0 Å². The molecule has 0 unspecified atom stereocenters. The Morgan fingerprint density at radius 3 is 2.87 bits per heavy atom. The molecular weight excluding hydrogens is 386 g/mol. The number of hydrogen-bond donors (Lipinski definition) is 3. The van der Waals surface area contributed by atoms with Crippen molar-refractivity contribution >= 4 is 5.91 Å². The zero-order valence-corrected chi connectivity index (χ0v) is 16.3. The van der Waals surface area contributed by atoms with E-state index in [2.05, 4.69) is 25.5 Å². The Labute approximate surface area is 171 Å². The van der Waals surface area contributed by atoms with Gasteiger partial charge in [-0.1, -0.05) is 6.07 Å². The molecule has 3 N–H and O–H groups in total. The summed E-state index contributed by atoms with van der Waals surface area (Å²) in [6, 6.07) is 11.9. The van der Waals surface area contributed by atoms with Crippen molar-refractivity contribution in [3.8, 4) is 34.3 Å². The van der Waals surface area contributed by atoms with E-state index < -0.39 is 0 Å². The third kappa shape index (κ3) is 3.86. The minimum absolute atomic E-state index is 0.0293. The number of nitrogens with one attached hydrogen (secondary N) is 2. The SMILES string of the molecule is COc1cc(-c2nc(CNC(=O)c3cc(-c4ccccn4)n[nH]3)c(C)o2)ccc1O. The number of aromatic amines is 1. The second-order valence-corrected chi connectivity index (χ2v) is 6.47. The van der Waals surface area contributed by atoms with E-state index in [-0.39, 0.29) is 18.2 Å². The quantitative estimate of drug-likeness (QED) is 0.450. The molecule has 30 heavy (non-hydrogen) atoms. The number of oxazole rings is 1. The molecule has 3 aromatic heterocycles. The zero-order chi connectivity index (χ0) is 21.1. The average molecular weight is 405 g/mol. The number of aryl methyl sites for hydroxylation is 1. The number of nitrogens with zero attached hydrogens (tertiary/aromatic N) is 3. The Hall–Kier alpha value is -4.14. The van der Waals surface area contributed by atoms with Gasteiger partial charge in [0.05, 0.1) is 19.3 Å². The number of phenolic OH excluding ortho intramolecular Hbond substituents is 1. The Kier molecular flexibility index (Phi) is 5.17. The summed E-state index contributed by atoms with van der Waals surface area (Å²) in [4.78, 5) is 21.1. The topological polar surface area (TPSA) is 126 Å². The Morgan fingerprint density at radius 1 is 1.23 bits per heavy atom. The first kappa shape index (κ1) is 19.2. The van der Waals surface area contributed by atoms with E-state index in [0.29, 0.717) is 45.7 Å². The molecule has 9 nitrogen and oxygen atoms in total. The van der Waals surface area contributed by atoms with E-state index in [4.69, 9.17) is 9.15 Å². The summed E-state index contributed by atoms with van der Waals surface area (Å²) in [6.45, 7) is 1.95. The molecule has 1 aromatic carbocycles. The minimum Gasteiger partial charge on any atom is -0.504 e. The van der Waals surface area contributed by atoms with Gasteiger partial charge in [-0.15, -0.1) is 0 Å². The molecule has 0 bridgehead atoms. The number of benzene rings is 1. The van der Waals surface area contributed by atoms with E-state index in [9.17, 15) is 9.90 Å². The highest BCUT2D eigenvalue weighted by Crippen LogP contribution is 2.31. The second kappa shape index (κ2) is 8.08. The molecule has 1 amide bonds. The highest BCUT2D eigenvalue weighted by molar-refractivity contribution is 5.93. The van der Waals surface area contributed by atoms with Crippen LogP contribution < -0.4 is 10.1 Å². The molecule has 0 fully saturated rings. The molecule has 0 atom stereocenters. The molecule has 0 aliphatic heterocycles. The molecule has 152 valence electrons. The maximum atomic E-state index is 12.5. The van der Waals surface area contributed by atoms with Crippen LogP contribution in [0.4, 0.5) is 0 Å². The lowest BCUT2D eigenvalue weighted by Gasteiger charge is -2.04. The molecule has 0 aliphatic rings. The molecule has 0 saturated heterocycles. The summed E-state index contributed by atoms with van der Waals surface area (Å²) in [5, 5.41) is 19.4. The predicted molar refractivity (Wildman–Crippen MR) is 108 cm³/mol. The van der Waals surface area contributed by atoms with Crippen molar-refractivity contribution in [1.29, 1.82) is 0 Å². The van der Waals surface area contributed by atoms with Crippen LogP contribution in [0.5, 0.6) is 11.5 Å². The van der Waals surface area contributed by atoms with Gasteiger partial charge in [0.15, 0.2) is 11.5 Å². The number of pyridine rings is 1. The predicted octanol–water partition coefficient (Wildman–Crippen LogP) is 3.08. The molecule has 4 rings (SSSR count). The molecule has 0 saturated carbocycles. The number of hydrogen-bond acceptors (Lipinski definition) is 7. The number of aromatic nitrogens is 4. The lowest BCUT2D eigenvalue weighted by atomic mass is 10.2. The number of carbonyl (C=O) groups is 1. The van der Waals surface area contributed by atoms with Gasteiger partial charge in [0, 0.05) is 11.8 Å². The first-order chi connectivity index (χ1) is 14.5. The number of phenols is 1. The van der Waals surface area contributed by atoms with Crippen molar-refractivity contribution in [2.24, 2.45) is 0 Å². The zero-order valence-electron chi connectivity index (χ0n) is 16.3. The summed E-state index contributed by atoms with van der Waals surface area (Å²) in [5.74, 6) is 0.980. The molecule has 0 aliphatic carbocycles. The Morgan fingerprint density at radius 2 is 2.10 bits per heavy atom. The largest absolute Gasteiger partial charge is 0.504 e. The molecule has 0 radical (unpaired) electrons. The van der Waals surface area contributed by atoms with Gasteiger partial charge in [-0.05, 0) is 43.3 Å². The third-order valence-electron chi connectivity index (χ3n) is 4.49. The van der Waals surface area contributed by atoms with Gasteiger partial charge in [-0.2, -0.15) is 5.10 Å². The van der Waals surface area contributed by atoms with Crippen molar-refractivity contribution in [3.63, 3.8) is 0 Å². The number of aromatic hydroxyl groups is 1. The van der Waals surface area contributed by atoms with E-state index in [1.54, 1.807) is 31.3 Å². The molecule has 4 aromatic rings. The van der Waals surface area contributed by atoms with Gasteiger partial charge in [0.1, 0.15) is 22.8 Å². The van der Waals surface area contributed by atoms with Crippen molar-refractivity contribution in [1.82, 2.24) is 25.5 Å². The van der Waals surface area contributed by atoms with Crippen LogP contribution in [-0.2, 0) is 6.54 Å². The van der Waals surface area contributed by atoms with Crippen LogP contribution in [0, 0.1) is 6.92 Å². The standard InChI is InChI=1S/C21H19N5O4/c1-12-17(24-21(30-12)13-6-7-18(27)19(9-13)29-2)11-23-20(28)16-10-15(25-26-16)14-5-3-4-8-22-14/h3-10,27H,11H2,1-2H3,(H,23,28)(H,25,26). The average Bonchev–Trinajstić information content (AvgIpc) is 3.40. The summed E-state index contributed by atoms with van der Waals surface area (Å²) in [6.07, 6.45) is 1.67. The monoisotopic (exact) mass is 405 g/mol. The normalized spacial score (nSPS) is 10.7. The maximum Gasteiger partial charge on any atom is 0.269 e. The molecule has 9 heteroatoms. The number of amides is 1. The van der Waals surface area contributed by atoms with Crippen molar-refractivity contribution in [3.05, 3.63) is 65.8 Å². The first-order valence-corrected chi connectivity index (χ1v) is 9.14. The number of carbonyl (C=O) groups excluding carboxylic acids is 1. The summed E-state index contributed by atoms with van der Waals surface area (Å²) < 4.78 is 10.8. The lowest BCUT2D eigenvalue weighted by Crippen LogP contribution is -2.23. The van der Waals surface area contributed by atoms with Crippen molar-refractivity contribution in [2.75, 3.05) is 7.11 Å². The van der Waals surface area contributed by atoms with Crippen LogP contribution >= 0.6 is 0 Å². The highest BCUT2D eigenvalue weighted by atomic mass is 16.5. The fraction of sp³-hybridized carbons (Fsp3) is 0.143. The van der Waals surface area contributed by atoms with Crippen LogP contribution in [0.15, 0.2) is 53.1 Å². The molecular formula is C21H19N5O4. The fourth-order valence-electron chi connectivity index (χ4n) is 2.87. The lowest BCUT2D eigenvalue weighted by molar-refractivity contribution is 0.0945. The molecule has 3 heterocycles. The van der Waals surface area contributed by atoms with Gasteiger partial charge < -0.3 is 19.6 Å². The molecule has 0 spiro atoms. The summed E-state index contributed by atoms with van der Waals surface area (Å²) >= 11 is 0. The van der Waals surface area contributed by atoms with E-state index >= 15 is 0 Å². The van der Waals surface area contributed by atoms with E-state index in [1.165, 1.54) is 13.2 Å². The Bertz CT molecular complexity index is 1180. The van der Waals surface area contributed by atoms with Crippen molar-refractivity contribution < 1.29 is 19.1 Å². The van der Waals surface area contributed by atoms with E-state index in [1.807, 2.05) is 18.2 Å². The summed E-state index contributed by atoms with van der Waals surface area (Å²) in [5.41, 5.74) is 2.82. The first-order valence-electron chi connectivity index (χ1n) is 9.14. The van der Waals surface area contributed by atoms with Crippen LogP contribution in [-0.4, -0.2) is 38.3 Å². The smallest absolute Gasteiger partial charge is 0.269 e. The van der Waals surface area contributed by atoms with Crippen LogP contribution in [0.3, 0.4) is 0 Å². The summed E-state index contributed by atoms with van der Waals surface area (Å²) in [7, 11) is 1.47. The van der Waals surface area contributed by atoms with Gasteiger partial charge in [0.2, 0.25) is 5.89 Å². The number of rotatable bonds is 6. The van der Waals surface area contributed by atoms with Crippen LogP contribution in [0.25, 0.3) is 22.8 Å². The minimum atomic E-state index is -0.320. The maximum absolute atomic E-state index is 12.5. The number of ether oxygens (including phenoxy) is 1. The number of H-pyrrole nitrogens is 1. The van der Waals surface area contributed by atoms with Crippen molar-refractivity contribution in [2.45, 2.75) is 13.5 Å². The highest BCUT2D eigenvalue weighted by Gasteiger charge is 2.16. The van der Waals surface area contributed by atoms with Gasteiger partial charge >= 0.3 is 0 Å². The fourth-order valence-corrected chi connectivity index (χ4v) is 2.87.